The number of hydrogen-bond donors (Lipinski definition) is 3. The second-order valence-electron chi connectivity index (χ2n) is 6.75. The minimum atomic E-state index is -0.518. The summed E-state index contributed by atoms with van der Waals surface area (Å²) in [4.78, 5) is 35.7. The van der Waals surface area contributed by atoms with Crippen molar-refractivity contribution < 1.29 is 14.3 Å². The summed E-state index contributed by atoms with van der Waals surface area (Å²) < 4.78 is 5.31. The average molecular weight is 420 g/mol. The molecule has 0 unspecified atom stereocenters. The van der Waals surface area contributed by atoms with Gasteiger partial charge in [0.25, 0.3) is 0 Å². The highest BCUT2D eigenvalue weighted by Gasteiger charge is 2.11. The number of nitrogens with one attached hydrogen (secondary N) is 2. The number of anilines is 3. The van der Waals surface area contributed by atoms with Gasteiger partial charge in [0.05, 0.1) is 5.56 Å². The minimum absolute atomic E-state index is 0.0276. The first-order valence-electron chi connectivity index (χ1n) is 9.80. The van der Waals surface area contributed by atoms with Gasteiger partial charge in [-0.05, 0) is 35.7 Å². The van der Waals surface area contributed by atoms with E-state index in [1.807, 2.05) is 24.3 Å². The average Bonchev–Trinajstić information content (AvgIpc) is 2.76. The number of esters is 1. The zero-order valence-electron chi connectivity index (χ0n) is 17.4. The van der Waals surface area contributed by atoms with Crippen LogP contribution in [0.1, 0.15) is 41.2 Å². The molecule has 0 aliphatic heterocycles. The molecule has 1 amide bonds. The quantitative estimate of drug-likeness (QED) is 0.474. The van der Waals surface area contributed by atoms with Crippen LogP contribution in [-0.4, -0.2) is 26.8 Å². The molecule has 9 heteroatoms. The molecular formula is C22H24N6O3. The summed E-state index contributed by atoms with van der Waals surface area (Å²) in [7, 11) is 0. The third kappa shape index (κ3) is 6.23. The van der Waals surface area contributed by atoms with E-state index in [0.29, 0.717) is 12.1 Å². The van der Waals surface area contributed by atoms with Gasteiger partial charge in [-0.2, -0.15) is 15.0 Å². The Bertz CT molecular complexity index is 1070. The summed E-state index contributed by atoms with van der Waals surface area (Å²) in [5.74, 6) is -0.0933. The van der Waals surface area contributed by atoms with Crippen molar-refractivity contribution in [3.05, 3.63) is 71.0 Å². The zero-order valence-corrected chi connectivity index (χ0v) is 17.4. The van der Waals surface area contributed by atoms with Gasteiger partial charge in [0.2, 0.25) is 17.8 Å². The van der Waals surface area contributed by atoms with Gasteiger partial charge in [0.15, 0.2) is 12.4 Å². The number of para-hydroxylation sites is 1. The predicted molar refractivity (Wildman–Crippen MR) is 116 cm³/mol. The third-order valence-electron chi connectivity index (χ3n) is 4.41. The topological polar surface area (TPSA) is 132 Å². The van der Waals surface area contributed by atoms with Crippen molar-refractivity contribution in [2.45, 2.75) is 33.4 Å². The van der Waals surface area contributed by atoms with Gasteiger partial charge in [-0.3, -0.25) is 4.79 Å². The maximum absolute atomic E-state index is 12.3. The summed E-state index contributed by atoms with van der Waals surface area (Å²) in [5.41, 5.74) is 9.03. The number of benzene rings is 2. The molecule has 0 bridgehead atoms. The van der Waals surface area contributed by atoms with E-state index in [-0.39, 0.29) is 30.2 Å². The summed E-state index contributed by atoms with van der Waals surface area (Å²) in [5, 5.41) is 5.83. The van der Waals surface area contributed by atoms with Gasteiger partial charge in [-0.25, -0.2) is 4.79 Å². The van der Waals surface area contributed by atoms with Crippen molar-refractivity contribution in [3.63, 3.8) is 0 Å². The van der Waals surface area contributed by atoms with E-state index in [9.17, 15) is 9.59 Å². The van der Waals surface area contributed by atoms with Crippen molar-refractivity contribution in [2.75, 3.05) is 11.1 Å². The second-order valence-corrected chi connectivity index (χ2v) is 6.75. The van der Waals surface area contributed by atoms with Crippen LogP contribution >= 0.6 is 0 Å². The number of carbonyl (C=O) groups excluding carboxylic acids is 2. The molecular weight excluding hydrogens is 396 g/mol. The van der Waals surface area contributed by atoms with Crippen molar-refractivity contribution in [1.82, 2.24) is 20.3 Å². The number of nitrogens with two attached hydrogens (primary N) is 1. The Morgan fingerprint density at radius 2 is 1.77 bits per heavy atom. The minimum Gasteiger partial charge on any atom is -0.454 e. The Balaban J connectivity index is 1.63. The Hall–Kier alpha value is -4.01. The van der Waals surface area contributed by atoms with Crippen LogP contribution in [-0.2, 0) is 29.1 Å². The van der Waals surface area contributed by atoms with Gasteiger partial charge in [0.1, 0.15) is 0 Å². The van der Waals surface area contributed by atoms with Crippen LogP contribution < -0.4 is 16.4 Å². The van der Waals surface area contributed by atoms with Crippen LogP contribution in [0.25, 0.3) is 0 Å². The first-order chi connectivity index (χ1) is 14.9. The van der Waals surface area contributed by atoms with E-state index in [4.69, 9.17) is 10.5 Å². The Labute approximate surface area is 180 Å². The second kappa shape index (κ2) is 10.1. The zero-order chi connectivity index (χ0) is 22.2. The van der Waals surface area contributed by atoms with E-state index in [0.717, 1.165) is 23.2 Å². The molecule has 9 nitrogen and oxygen atoms in total. The molecule has 0 aliphatic carbocycles. The van der Waals surface area contributed by atoms with Crippen molar-refractivity contribution >= 4 is 29.5 Å². The molecule has 4 N–H and O–H groups in total. The number of amides is 1. The molecule has 0 atom stereocenters. The smallest absolute Gasteiger partial charge is 0.338 e. The van der Waals surface area contributed by atoms with E-state index in [2.05, 4.69) is 32.5 Å². The van der Waals surface area contributed by atoms with Crippen LogP contribution in [0.3, 0.4) is 0 Å². The molecule has 3 rings (SSSR count). The summed E-state index contributed by atoms with van der Waals surface area (Å²) >= 11 is 0. The van der Waals surface area contributed by atoms with Crippen LogP contribution in [0.15, 0.2) is 48.5 Å². The maximum atomic E-state index is 12.3. The van der Waals surface area contributed by atoms with E-state index in [1.165, 1.54) is 6.92 Å². The molecule has 0 aliphatic rings. The Kier molecular flexibility index (Phi) is 7.10. The summed E-state index contributed by atoms with van der Waals surface area (Å²) in [6.07, 6.45) is 0.845. The van der Waals surface area contributed by atoms with E-state index >= 15 is 0 Å². The number of aryl methyl sites for hydroxylation is 1. The summed E-state index contributed by atoms with van der Waals surface area (Å²) in [6.45, 7) is 3.75. The lowest BCUT2D eigenvalue weighted by Gasteiger charge is -2.11. The molecule has 1 heterocycles. The molecule has 0 fully saturated rings. The molecule has 0 spiro atoms. The highest BCUT2D eigenvalue weighted by atomic mass is 16.5. The number of rotatable bonds is 8. The highest BCUT2D eigenvalue weighted by Crippen LogP contribution is 2.19. The third-order valence-corrected chi connectivity index (χ3v) is 4.41. The maximum Gasteiger partial charge on any atom is 0.338 e. The monoisotopic (exact) mass is 420 g/mol. The molecule has 0 saturated carbocycles. The molecule has 160 valence electrons. The van der Waals surface area contributed by atoms with Crippen LogP contribution in [0.5, 0.6) is 0 Å². The lowest BCUT2D eigenvalue weighted by molar-refractivity contribution is -0.119. The summed E-state index contributed by atoms with van der Waals surface area (Å²) in [6, 6.07) is 14.6. The van der Waals surface area contributed by atoms with Gasteiger partial charge in [0, 0.05) is 19.2 Å². The lowest BCUT2D eigenvalue weighted by Crippen LogP contribution is -2.18. The fraction of sp³-hybridized carbons (Fsp3) is 0.227. The first kappa shape index (κ1) is 21.7. The normalized spacial score (nSPS) is 10.4. The van der Waals surface area contributed by atoms with E-state index in [1.54, 1.807) is 24.3 Å². The number of carbonyl (C=O) groups is 2. The standard InChI is InChI=1S/C22H24N6O3/c1-3-16-6-4-5-7-18(16)25-22-27-19(26-21(23)28-22)13-31-20(30)17-10-8-15(9-11-17)12-24-14(2)29/h4-11H,3,12-13H2,1-2H3,(H,24,29)(H3,23,25,26,27,28). The molecule has 0 radical (unpaired) electrons. The number of nitrogens with zero attached hydrogens (tertiary/aromatic N) is 3. The van der Waals surface area contributed by atoms with Gasteiger partial charge in [-0.15, -0.1) is 0 Å². The van der Waals surface area contributed by atoms with Crippen LogP contribution in [0.4, 0.5) is 17.6 Å². The van der Waals surface area contributed by atoms with Crippen molar-refractivity contribution in [1.29, 1.82) is 0 Å². The van der Waals surface area contributed by atoms with Gasteiger partial charge < -0.3 is 21.1 Å². The number of hydrogen-bond acceptors (Lipinski definition) is 8. The predicted octanol–water partition coefficient (Wildman–Crippen LogP) is 2.75. The molecule has 1 aromatic heterocycles. The van der Waals surface area contributed by atoms with Gasteiger partial charge >= 0.3 is 5.97 Å². The fourth-order valence-electron chi connectivity index (χ4n) is 2.83. The van der Waals surface area contributed by atoms with Crippen molar-refractivity contribution in [3.8, 4) is 0 Å². The molecule has 2 aromatic carbocycles. The first-order valence-corrected chi connectivity index (χ1v) is 9.80. The van der Waals surface area contributed by atoms with Crippen LogP contribution in [0, 0.1) is 0 Å². The highest BCUT2D eigenvalue weighted by molar-refractivity contribution is 5.89. The fourth-order valence-corrected chi connectivity index (χ4v) is 2.83. The molecule has 3 aromatic rings. The number of ether oxygens (including phenoxy) is 1. The van der Waals surface area contributed by atoms with Crippen molar-refractivity contribution in [2.24, 2.45) is 0 Å². The SMILES string of the molecule is CCc1ccccc1Nc1nc(N)nc(COC(=O)c2ccc(CNC(C)=O)cc2)n1. The molecule has 31 heavy (non-hydrogen) atoms. The van der Waals surface area contributed by atoms with Gasteiger partial charge in [-0.1, -0.05) is 37.3 Å². The van der Waals surface area contributed by atoms with E-state index < -0.39 is 5.97 Å². The number of aromatic nitrogens is 3. The lowest BCUT2D eigenvalue weighted by atomic mass is 10.1. The molecule has 0 saturated heterocycles. The largest absolute Gasteiger partial charge is 0.454 e. The Morgan fingerprint density at radius 1 is 1.03 bits per heavy atom. The number of nitrogen functional groups attached to an aromatic ring is 1. The van der Waals surface area contributed by atoms with Crippen LogP contribution in [0.2, 0.25) is 0 Å². The Morgan fingerprint density at radius 3 is 2.48 bits per heavy atom.